The molecule has 0 atom stereocenters. The molecule has 0 unspecified atom stereocenters. The molecule has 4 aromatic heterocycles. The summed E-state index contributed by atoms with van der Waals surface area (Å²) in [5.41, 5.74) is 8.11. The topological polar surface area (TPSA) is 56.7 Å². The minimum atomic E-state index is -2.08. The van der Waals surface area contributed by atoms with Gasteiger partial charge in [-0.2, -0.15) is 0 Å². The third-order valence-electron chi connectivity index (χ3n) is 8.93. The summed E-state index contributed by atoms with van der Waals surface area (Å²) in [4.78, 5) is 14.1. The summed E-state index contributed by atoms with van der Waals surface area (Å²) in [6.07, 6.45) is 1.92. The number of nitrogens with zero attached hydrogens (tertiary/aromatic N) is 4. The zero-order valence-electron chi connectivity index (χ0n) is 31.7. The van der Waals surface area contributed by atoms with E-state index in [2.05, 4.69) is 107 Å². The third-order valence-corrected chi connectivity index (χ3v) is 11.0. The first-order valence-corrected chi connectivity index (χ1v) is 20.1. The van der Waals surface area contributed by atoms with E-state index in [0.29, 0.717) is 11.3 Å². The predicted molar refractivity (Wildman–Crippen MR) is 209 cm³/mol. The summed E-state index contributed by atoms with van der Waals surface area (Å²) >= 11 is 0. The number of para-hydroxylation sites is 2. The van der Waals surface area contributed by atoms with Crippen LogP contribution in [0.25, 0.3) is 72.2 Å². The molecule has 4 heterocycles. The zero-order chi connectivity index (χ0) is 36.9. The molecule has 1 radical (unpaired) electrons. The molecule has 0 aliphatic carbocycles. The minimum absolute atomic E-state index is 0. The molecule has 9 rings (SSSR count). The smallest absolute Gasteiger partial charge is 0.216 e. The molecule has 0 bridgehead atoms. The molecule has 0 saturated heterocycles. The maximum atomic E-state index is 7.35. The predicted octanol–water partition coefficient (Wildman–Crippen LogP) is 10.6. The fourth-order valence-electron chi connectivity index (χ4n) is 6.23. The average Bonchev–Trinajstić information content (AvgIpc) is 3.72. The molecular weight excluding hydrogens is 821 g/mol. The van der Waals surface area contributed by atoms with Gasteiger partial charge in [-0.15, -0.1) is 53.6 Å². The van der Waals surface area contributed by atoms with Crippen molar-refractivity contribution in [3.63, 3.8) is 0 Å². The number of benzene rings is 5. The molecule has 0 fully saturated rings. The molecule has 5 nitrogen and oxygen atoms in total. The largest absolute Gasteiger partial charge is 0.486 e. The van der Waals surface area contributed by atoms with Gasteiger partial charge in [0.15, 0.2) is 0 Å². The monoisotopic (exact) mass is 860 g/mol. The average molecular weight is 860 g/mol. The number of rotatable bonds is 4. The van der Waals surface area contributed by atoms with E-state index in [9.17, 15) is 0 Å². The van der Waals surface area contributed by atoms with Crippen molar-refractivity contribution in [1.29, 1.82) is 0 Å². The molecule has 9 aromatic rings. The van der Waals surface area contributed by atoms with Crippen LogP contribution < -0.4 is 5.19 Å². The zero-order valence-corrected chi connectivity index (χ0v) is 32.0. The molecule has 0 aliphatic heterocycles. The van der Waals surface area contributed by atoms with Gasteiger partial charge in [0, 0.05) is 47.2 Å². The summed E-state index contributed by atoms with van der Waals surface area (Å²) in [5, 5.41) is 5.71. The Balaban J connectivity index is 0.000000186. The Labute approximate surface area is 316 Å². The van der Waals surface area contributed by atoms with Crippen molar-refractivity contribution in [2.24, 2.45) is 0 Å². The molecule has 0 aliphatic rings. The van der Waals surface area contributed by atoms with Crippen LogP contribution in [0.4, 0.5) is 0 Å². The van der Waals surface area contributed by atoms with E-state index in [1.165, 1.54) is 22.0 Å². The van der Waals surface area contributed by atoms with Crippen molar-refractivity contribution < 1.29 is 28.6 Å². The van der Waals surface area contributed by atoms with Crippen LogP contribution >= 0.6 is 0 Å². The van der Waals surface area contributed by atoms with E-state index in [1.54, 1.807) is 12.1 Å². The van der Waals surface area contributed by atoms with E-state index in [-0.39, 0.29) is 20.1 Å². The van der Waals surface area contributed by atoms with Crippen LogP contribution in [0.1, 0.15) is 15.4 Å². The maximum absolute atomic E-state index is 7.35. The van der Waals surface area contributed by atoms with Crippen LogP contribution in [0.15, 0.2) is 132 Å². The number of imidazole rings is 1. The maximum Gasteiger partial charge on any atom is 0.216 e. The van der Waals surface area contributed by atoms with E-state index >= 15 is 0 Å². The number of hydrogen-bond acceptors (Lipinski definition) is 4. The van der Waals surface area contributed by atoms with Crippen LogP contribution in [0.3, 0.4) is 0 Å². The Kier molecular flexibility index (Phi) is 8.31. The number of furan rings is 1. The fourth-order valence-corrected chi connectivity index (χ4v) is 7.27. The van der Waals surface area contributed by atoms with Gasteiger partial charge in [0.1, 0.15) is 0 Å². The first kappa shape index (κ1) is 30.6. The van der Waals surface area contributed by atoms with Gasteiger partial charge in [0.25, 0.3) is 0 Å². The van der Waals surface area contributed by atoms with Gasteiger partial charge >= 0.3 is 0 Å². The van der Waals surface area contributed by atoms with Gasteiger partial charge in [0.2, 0.25) is 5.71 Å². The Morgan fingerprint density at radius 2 is 1.61 bits per heavy atom. The van der Waals surface area contributed by atoms with Crippen LogP contribution in [0.5, 0.6) is 0 Å². The van der Waals surface area contributed by atoms with Crippen LogP contribution in [-0.2, 0) is 20.1 Å². The Morgan fingerprint density at radius 1 is 0.784 bits per heavy atom. The molecule has 51 heavy (non-hydrogen) atoms. The van der Waals surface area contributed by atoms with E-state index in [1.807, 2.05) is 55.6 Å². The molecule has 0 amide bonds. The number of aromatic nitrogens is 4. The SMILES string of the molecule is Cc1ccc2c(n1)oc1c(-c3nc4ccccc4n3-c3ccc4ccccc4c3)[c-]ccc12.[2H]C([2H])([2H])c1c[c-]c(-c2ccc([Si](C)(C)C)cn2)cc1.[Ir]. The molecule has 0 saturated carbocycles. The van der Waals surface area contributed by atoms with Crippen molar-refractivity contribution in [2.75, 3.05) is 0 Å². The molecule has 7 heteroatoms. The van der Waals surface area contributed by atoms with Crippen molar-refractivity contribution >= 4 is 57.1 Å². The standard InChI is InChI=1S/C29H18N3O.C15H18NSi.Ir/c1-18-13-16-23-22-9-6-10-24(27(22)33-29(23)30-18)28-31-25-11-4-5-12-26(25)32(28)21-15-14-19-7-2-3-8-20(19)17-21;1-12-5-7-13(8-6-12)15-10-9-14(11-16-15)17(2,3)4;/h2-9,11-17H,1H3;5-7,9-11H,1-4H3;/q2*-1;/i;1D3;. The van der Waals surface area contributed by atoms with Gasteiger partial charge in [-0.1, -0.05) is 92.0 Å². The summed E-state index contributed by atoms with van der Waals surface area (Å²) in [6, 6.07) is 46.6. The van der Waals surface area contributed by atoms with Crippen molar-refractivity contribution in [1.82, 2.24) is 19.5 Å². The molecule has 253 valence electrons. The Bertz CT molecular complexity index is 2710. The Hall–Kier alpha value is -5.20. The van der Waals surface area contributed by atoms with Gasteiger partial charge in [-0.3, -0.25) is 4.98 Å². The quantitative estimate of drug-likeness (QED) is 0.131. The van der Waals surface area contributed by atoms with Crippen molar-refractivity contribution in [3.05, 3.63) is 151 Å². The number of hydrogen-bond donors (Lipinski definition) is 0. The minimum Gasteiger partial charge on any atom is -0.486 e. The molecule has 0 spiro atoms. The summed E-state index contributed by atoms with van der Waals surface area (Å²) < 4.78 is 30.5. The first-order valence-electron chi connectivity index (χ1n) is 18.1. The second kappa shape index (κ2) is 13.8. The number of aryl methyl sites for hydroxylation is 2. The van der Waals surface area contributed by atoms with E-state index < -0.39 is 14.9 Å². The van der Waals surface area contributed by atoms with Gasteiger partial charge in [0.05, 0.1) is 30.5 Å². The molecule has 5 aromatic carbocycles. The fraction of sp³-hybridized carbons (Fsp3) is 0.114. The van der Waals surface area contributed by atoms with Crippen molar-refractivity contribution in [3.8, 4) is 28.3 Å². The summed E-state index contributed by atoms with van der Waals surface area (Å²) in [6.45, 7) is 6.73. The first-order chi connectivity index (χ1) is 25.4. The second-order valence-corrected chi connectivity index (χ2v) is 18.5. The second-order valence-electron chi connectivity index (χ2n) is 13.5. The molecular formula is C44H36IrN4OSi-2. The van der Waals surface area contributed by atoms with E-state index in [0.717, 1.165) is 61.4 Å². The molecule has 0 N–H and O–H groups in total. The van der Waals surface area contributed by atoms with Crippen LogP contribution in [0, 0.1) is 25.9 Å². The van der Waals surface area contributed by atoms with Crippen LogP contribution in [-0.4, -0.2) is 27.6 Å². The normalized spacial score (nSPS) is 12.6. The van der Waals surface area contributed by atoms with Gasteiger partial charge < -0.3 is 14.0 Å². The summed E-state index contributed by atoms with van der Waals surface area (Å²) in [7, 11) is -1.34. The number of fused-ring (bicyclic) bond motifs is 5. The Morgan fingerprint density at radius 3 is 2.37 bits per heavy atom. The van der Waals surface area contributed by atoms with E-state index in [4.69, 9.17) is 13.5 Å². The van der Waals surface area contributed by atoms with Gasteiger partial charge in [-0.25, -0.2) is 4.98 Å². The van der Waals surface area contributed by atoms with Gasteiger partial charge in [-0.05, 0) is 65.0 Å². The number of pyridine rings is 2. The third kappa shape index (κ3) is 6.68. The van der Waals surface area contributed by atoms with Crippen molar-refractivity contribution in [2.45, 2.75) is 33.4 Å². The summed E-state index contributed by atoms with van der Waals surface area (Å²) in [5.74, 6) is 0.799. The van der Waals surface area contributed by atoms with Crippen LogP contribution in [0.2, 0.25) is 19.6 Å².